The molecule has 0 saturated carbocycles. The lowest BCUT2D eigenvalue weighted by atomic mass is 10.1. The standard InChI is InChI=1S/C13H11NO/c1-2-14-13(15)12-8-7-10-5-3-4-6-11(10)9-12/h2-9H,1H3. The Bertz CT molecular complexity index is 529. The maximum atomic E-state index is 11.5. The molecule has 0 aliphatic heterocycles. The number of carbonyl (C=O) groups excluding carboxylic acids is 1. The van der Waals surface area contributed by atoms with Crippen molar-refractivity contribution in [1.82, 2.24) is 0 Å². The van der Waals surface area contributed by atoms with Crippen molar-refractivity contribution in [1.29, 1.82) is 0 Å². The third-order valence-electron chi connectivity index (χ3n) is 2.24. The van der Waals surface area contributed by atoms with Crippen LogP contribution >= 0.6 is 0 Å². The van der Waals surface area contributed by atoms with Gasteiger partial charge in [0.25, 0.3) is 5.91 Å². The molecule has 0 aliphatic carbocycles. The van der Waals surface area contributed by atoms with Crippen LogP contribution in [0.4, 0.5) is 0 Å². The Balaban J connectivity index is 2.51. The van der Waals surface area contributed by atoms with Gasteiger partial charge in [-0.2, -0.15) is 0 Å². The predicted octanol–water partition coefficient (Wildman–Crippen LogP) is 3.07. The van der Waals surface area contributed by atoms with Crippen molar-refractivity contribution in [2.24, 2.45) is 4.99 Å². The molecule has 0 saturated heterocycles. The zero-order valence-electron chi connectivity index (χ0n) is 8.47. The SMILES string of the molecule is CC=NC(=O)c1ccc2ccccc2c1. The van der Waals surface area contributed by atoms with Crippen LogP contribution in [0.1, 0.15) is 17.3 Å². The predicted molar refractivity (Wildman–Crippen MR) is 62.4 cm³/mol. The fourth-order valence-corrected chi connectivity index (χ4v) is 1.51. The van der Waals surface area contributed by atoms with Crippen LogP contribution in [0.25, 0.3) is 10.8 Å². The number of hydrogen-bond donors (Lipinski definition) is 0. The molecule has 1 amide bonds. The van der Waals surface area contributed by atoms with Crippen LogP contribution < -0.4 is 0 Å². The van der Waals surface area contributed by atoms with E-state index in [1.165, 1.54) is 6.21 Å². The largest absolute Gasteiger partial charge is 0.276 e. The van der Waals surface area contributed by atoms with Gasteiger partial charge in [0.2, 0.25) is 0 Å². The van der Waals surface area contributed by atoms with Gasteiger partial charge in [-0.25, -0.2) is 4.99 Å². The van der Waals surface area contributed by atoms with Crippen LogP contribution in [0.2, 0.25) is 0 Å². The Morgan fingerprint density at radius 1 is 1.13 bits per heavy atom. The molecule has 2 nitrogen and oxygen atoms in total. The number of benzene rings is 2. The Kier molecular flexibility index (Phi) is 2.59. The summed E-state index contributed by atoms with van der Waals surface area (Å²) in [5.74, 6) is -0.191. The Labute approximate surface area is 88.3 Å². The second kappa shape index (κ2) is 4.05. The van der Waals surface area contributed by atoms with Gasteiger partial charge in [-0.15, -0.1) is 0 Å². The zero-order chi connectivity index (χ0) is 10.7. The van der Waals surface area contributed by atoms with Crippen molar-refractivity contribution in [3.05, 3.63) is 48.0 Å². The molecular formula is C13H11NO. The minimum atomic E-state index is -0.191. The Morgan fingerprint density at radius 3 is 2.60 bits per heavy atom. The third-order valence-corrected chi connectivity index (χ3v) is 2.24. The molecule has 0 N–H and O–H groups in total. The average molecular weight is 197 g/mol. The maximum Gasteiger partial charge on any atom is 0.276 e. The molecule has 2 aromatic rings. The van der Waals surface area contributed by atoms with E-state index in [2.05, 4.69) is 4.99 Å². The monoisotopic (exact) mass is 197 g/mol. The molecule has 2 rings (SSSR count). The number of hydrogen-bond acceptors (Lipinski definition) is 1. The first-order valence-electron chi connectivity index (χ1n) is 4.83. The lowest BCUT2D eigenvalue weighted by molar-refractivity contribution is 0.100. The number of aliphatic imine (C=N–C) groups is 1. The zero-order valence-corrected chi connectivity index (χ0v) is 8.47. The van der Waals surface area contributed by atoms with Crippen molar-refractivity contribution < 1.29 is 4.79 Å². The topological polar surface area (TPSA) is 29.4 Å². The van der Waals surface area contributed by atoms with Gasteiger partial charge < -0.3 is 0 Å². The van der Waals surface area contributed by atoms with E-state index in [1.54, 1.807) is 13.0 Å². The van der Waals surface area contributed by atoms with E-state index in [9.17, 15) is 4.79 Å². The first kappa shape index (κ1) is 9.59. The summed E-state index contributed by atoms with van der Waals surface area (Å²) in [6.45, 7) is 1.74. The molecule has 0 atom stereocenters. The molecule has 2 heteroatoms. The van der Waals surface area contributed by atoms with Gasteiger partial charge in [-0.3, -0.25) is 4.79 Å². The summed E-state index contributed by atoms with van der Waals surface area (Å²) < 4.78 is 0. The second-order valence-corrected chi connectivity index (χ2v) is 3.25. The first-order chi connectivity index (χ1) is 7.31. The van der Waals surface area contributed by atoms with Crippen molar-refractivity contribution >= 4 is 22.9 Å². The molecule has 0 fully saturated rings. The molecule has 15 heavy (non-hydrogen) atoms. The van der Waals surface area contributed by atoms with Crippen LogP contribution in [0.3, 0.4) is 0 Å². The van der Waals surface area contributed by atoms with Gasteiger partial charge in [0.1, 0.15) is 0 Å². The Hall–Kier alpha value is -1.96. The van der Waals surface area contributed by atoms with Gasteiger partial charge >= 0.3 is 0 Å². The fraction of sp³-hybridized carbons (Fsp3) is 0.0769. The fourth-order valence-electron chi connectivity index (χ4n) is 1.51. The number of rotatable bonds is 1. The van der Waals surface area contributed by atoms with Crippen LogP contribution in [-0.4, -0.2) is 12.1 Å². The van der Waals surface area contributed by atoms with Gasteiger partial charge in [0.15, 0.2) is 0 Å². The molecule has 0 spiro atoms. The number of nitrogens with zero attached hydrogens (tertiary/aromatic N) is 1. The summed E-state index contributed by atoms with van der Waals surface area (Å²) >= 11 is 0. The number of carbonyl (C=O) groups is 1. The molecule has 0 bridgehead atoms. The van der Waals surface area contributed by atoms with E-state index < -0.39 is 0 Å². The van der Waals surface area contributed by atoms with E-state index in [0.717, 1.165) is 10.8 Å². The normalized spacial score (nSPS) is 11.0. The smallest absolute Gasteiger partial charge is 0.267 e. The van der Waals surface area contributed by atoms with Crippen LogP contribution in [0, 0.1) is 0 Å². The average Bonchev–Trinajstić information content (AvgIpc) is 2.29. The summed E-state index contributed by atoms with van der Waals surface area (Å²) in [6.07, 6.45) is 1.51. The van der Waals surface area contributed by atoms with Gasteiger partial charge in [-0.1, -0.05) is 30.3 Å². The molecule has 0 radical (unpaired) electrons. The van der Waals surface area contributed by atoms with Gasteiger partial charge in [0, 0.05) is 11.8 Å². The van der Waals surface area contributed by atoms with Crippen LogP contribution in [0.15, 0.2) is 47.5 Å². The summed E-state index contributed by atoms with van der Waals surface area (Å²) in [7, 11) is 0. The summed E-state index contributed by atoms with van der Waals surface area (Å²) in [5.41, 5.74) is 0.631. The maximum absolute atomic E-state index is 11.5. The van der Waals surface area contributed by atoms with Crippen molar-refractivity contribution in [3.8, 4) is 0 Å². The van der Waals surface area contributed by atoms with E-state index >= 15 is 0 Å². The first-order valence-corrected chi connectivity index (χ1v) is 4.83. The minimum absolute atomic E-state index is 0.191. The highest BCUT2D eigenvalue weighted by Crippen LogP contribution is 2.15. The number of amides is 1. The second-order valence-electron chi connectivity index (χ2n) is 3.25. The van der Waals surface area contributed by atoms with Crippen LogP contribution in [-0.2, 0) is 0 Å². The van der Waals surface area contributed by atoms with Crippen molar-refractivity contribution in [2.75, 3.05) is 0 Å². The molecule has 0 heterocycles. The van der Waals surface area contributed by atoms with E-state index in [0.29, 0.717) is 5.56 Å². The highest BCUT2D eigenvalue weighted by molar-refractivity contribution is 6.01. The van der Waals surface area contributed by atoms with Crippen molar-refractivity contribution in [2.45, 2.75) is 6.92 Å². The summed E-state index contributed by atoms with van der Waals surface area (Å²) in [4.78, 5) is 15.2. The van der Waals surface area contributed by atoms with Gasteiger partial charge in [-0.05, 0) is 29.8 Å². The lowest BCUT2D eigenvalue weighted by Crippen LogP contribution is -1.94. The lowest BCUT2D eigenvalue weighted by Gasteiger charge is -1.99. The molecule has 2 aromatic carbocycles. The minimum Gasteiger partial charge on any atom is -0.267 e. The number of fused-ring (bicyclic) bond motifs is 1. The summed E-state index contributed by atoms with van der Waals surface area (Å²) in [6, 6.07) is 13.6. The molecule has 0 aromatic heterocycles. The third kappa shape index (κ3) is 1.94. The van der Waals surface area contributed by atoms with Crippen LogP contribution in [0.5, 0.6) is 0 Å². The molecule has 74 valence electrons. The summed E-state index contributed by atoms with van der Waals surface area (Å²) in [5, 5.41) is 2.20. The van der Waals surface area contributed by atoms with Crippen molar-refractivity contribution in [3.63, 3.8) is 0 Å². The van der Waals surface area contributed by atoms with Gasteiger partial charge in [0.05, 0.1) is 0 Å². The highest BCUT2D eigenvalue weighted by atomic mass is 16.1. The quantitative estimate of drug-likeness (QED) is 0.646. The van der Waals surface area contributed by atoms with E-state index in [4.69, 9.17) is 0 Å². The van der Waals surface area contributed by atoms with E-state index in [1.807, 2.05) is 36.4 Å². The Morgan fingerprint density at radius 2 is 1.87 bits per heavy atom. The highest BCUT2D eigenvalue weighted by Gasteiger charge is 2.02. The molecule has 0 unspecified atom stereocenters. The molecule has 0 aliphatic rings. The molecular weight excluding hydrogens is 186 g/mol. The van der Waals surface area contributed by atoms with E-state index in [-0.39, 0.29) is 5.91 Å².